The minimum atomic E-state index is -0.430. The summed E-state index contributed by atoms with van der Waals surface area (Å²) < 4.78 is 0. The predicted molar refractivity (Wildman–Crippen MR) is 109 cm³/mol. The third kappa shape index (κ3) is 4.20. The second-order valence-corrected chi connectivity index (χ2v) is 7.91. The second kappa shape index (κ2) is 8.45. The highest BCUT2D eigenvalue weighted by molar-refractivity contribution is 6.30. The van der Waals surface area contributed by atoms with Crippen LogP contribution in [0.1, 0.15) is 56.2 Å². The first-order chi connectivity index (χ1) is 12.9. The molecule has 0 unspecified atom stereocenters. The van der Waals surface area contributed by atoms with E-state index in [4.69, 9.17) is 23.2 Å². The lowest BCUT2D eigenvalue weighted by Crippen LogP contribution is -2.50. The molecule has 0 saturated carbocycles. The number of hydrogen-bond acceptors (Lipinski definition) is 2. The number of benzene rings is 2. The zero-order valence-corrected chi connectivity index (χ0v) is 17.0. The van der Waals surface area contributed by atoms with E-state index in [9.17, 15) is 9.59 Å². The molecule has 3 nitrogen and oxygen atoms in total. The van der Waals surface area contributed by atoms with Gasteiger partial charge in [-0.1, -0.05) is 54.4 Å². The molecule has 3 atom stereocenters. The number of rotatable bonds is 5. The van der Waals surface area contributed by atoms with Crippen molar-refractivity contribution in [1.29, 1.82) is 0 Å². The number of carbonyl (C=O) groups excluding carboxylic acids is 2. The topological polar surface area (TPSA) is 37.4 Å². The Morgan fingerprint density at radius 1 is 1.11 bits per heavy atom. The quantitative estimate of drug-likeness (QED) is 0.631. The number of amides is 1. The summed E-state index contributed by atoms with van der Waals surface area (Å²) in [5.41, 5.74) is 2.07. The Labute approximate surface area is 170 Å². The van der Waals surface area contributed by atoms with Crippen molar-refractivity contribution in [3.63, 3.8) is 0 Å². The Morgan fingerprint density at radius 2 is 1.81 bits per heavy atom. The molecule has 0 bridgehead atoms. The molecule has 0 aliphatic carbocycles. The number of hydrogen-bond donors (Lipinski definition) is 0. The van der Waals surface area contributed by atoms with Gasteiger partial charge in [-0.05, 0) is 55.2 Å². The molecule has 0 spiro atoms. The summed E-state index contributed by atoms with van der Waals surface area (Å²) in [7, 11) is 0. The SMILES string of the molecule is CC[C@H](C(C)=O)N1C(=O)CC[C@H](c2cccc(Cl)c2)[C@H]1c1ccc(Cl)cc1. The van der Waals surface area contributed by atoms with Gasteiger partial charge in [-0.2, -0.15) is 0 Å². The standard InChI is InChI=1S/C22H23Cl2NO2/c1-3-20(14(2)26)25-21(27)12-11-19(16-5-4-6-18(24)13-16)22(25)15-7-9-17(23)10-8-15/h4-10,13,19-20,22H,3,11-12H2,1-2H3/t19-,20-,22-/m1/s1. The fourth-order valence-corrected chi connectivity index (χ4v) is 4.43. The average Bonchev–Trinajstić information content (AvgIpc) is 2.64. The molecule has 0 aromatic heterocycles. The Balaban J connectivity index is 2.13. The minimum absolute atomic E-state index is 0.0107. The summed E-state index contributed by atoms with van der Waals surface area (Å²) in [5, 5.41) is 1.31. The lowest BCUT2D eigenvalue weighted by molar-refractivity contribution is -0.146. The van der Waals surface area contributed by atoms with Gasteiger partial charge in [0.1, 0.15) is 0 Å². The molecule has 0 N–H and O–H groups in total. The van der Waals surface area contributed by atoms with Gasteiger partial charge in [-0.25, -0.2) is 0 Å². The molecule has 1 aliphatic heterocycles. The molecule has 1 aliphatic rings. The maximum atomic E-state index is 12.9. The first-order valence-electron chi connectivity index (χ1n) is 9.25. The highest BCUT2D eigenvalue weighted by Crippen LogP contribution is 2.45. The molecular formula is C22H23Cl2NO2. The first-order valence-corrected chi connectivity index (χ1v) is 10.0. The first kappa shape index (κ1) is 19.9. The van der Waals surface area contributed by atoms with Gasteiger partial charge in [0.05, 0.1) is 12.1 Å². The largest absolute Gasteiger partial charge is 0.325 e. The highest BCUT2D eigenvalue weighted by Gasteiger charge is 2.41. The molecule has 2 aromatic carbocycles. The number of ketones is 1. The fraction of sp³-hybridized carbons (Fsp3) is 0.364. The maximum absolute atomic E-state index is 12.9. The lowest BCUT2D eigenvalue weighted by Gasteiger charge is -2.45. The van der Waals surface area contributed by atoms with Crippen LogP contribution < -0.4 is 0 Å². The molecule has 1 amide bonds. The van der Waals surface area contributed by atoms with E-state index in [0.29, 0.717) is 22.9 Å². The number of Topliss-reactive ketones (excluding diaryl/α,β-unsaturated/α-hetero) is 1. The van der Waals surface area contributed by atoms with Crippen LogP contribution in [0.5, 0.6) is 0 Å². The van der Waals surface area contributed by atoms with E-state index in [1.54, 1.807) is 11.8 Å². The van der Waals surface area contributed by atoms with E-state index in [2.05, 4.69) is 0 Å². The zero-order valence-electron chi connectivity index (χ0n) is 15.5. The second-order valence-electron chi connectivity index (χ2n) is 7.03. The fourth-order valence-electron chi connectivity index (χ4n) is 4.10. The molecule has 0 radical (unpaired) electrons. The monoisotopic (exact) mass is 403 g/mol. The van der Waals surface area contributed by atoms with Crippen LogP contribution in [0, 0.1) is 0 Å². The number of piperidine rings is 1. The van der Waals surface area contributed by atoms with Crippen LogP contribution in [-0.4, -0.2) is 22.6 Å². The van der Waals surface area contributed by atoms with Crippen LogP contribution in [0.4, 0.5) is 0 Å². The third-order valence-electron chi connectivity index (χ3n) is 5.32. The van der Waals surface area contributed by atoms with Crippen molar-refractivity contribution in [2.75, 3.05) is 0 Å². The number of likely N-dealkylation sites (tertiary alicyclic amines) is 1. The smallest absolute Gasteiger partial charge is 0.223 e. The van der Waals surface area contributed by atoms with E-state index >= 15 is 0 Å². The number of carbonyl (C=O) groups is 2. The Kier molecular flexibility index (Phi) is 6.23. The van der Waals surface area contributed by atoms with E-state index < -0.39 is 6.04 Å². The van der Waals surface area contributed by atoms with Crippen molar-refractivity contribution in [3.8, 4) is 0 Å². The van der Waals surface area contributed by atoms with E-state index in [0.717, 1.165) is 17.5 Å². The lowest BCUT2D eigenvalue weighted by atomic mass is 9.78. The van der Waals surface area contributed by atoms with Crippen molar-refractivity contribution in [2.45, 2.75) is 51.1 Å². The van der Waals surface area contributed by atoms with Crippen molar-refractivity contribution >= 4 is 34.9 Å². The van der Waals surface area contributed by atoms with Crippen LogP contribution >= 0.6 is 23.2 Å². The van der Waals surface area contributed by atoms with Crippen molar-refractivity contribution < 1.29 is 9.59 Å². The van der Waals surface area contributed by atoms with E-state index in [-0.39, 0.29) is 23.7 Å². The van der Waals surface area contributed by atoms with Gasteiger partial charge in [-0.15, -0.1) is 0 Å². The predicted octanol–water partition coefficient (Wildman–Crippen LogP) is 5.81. The van der Waals surface area contributed by atoms with Crippen molar-refractivity contribution in [1.82, 2.24) is 4.90 Å². The summed E-state index contributed by atoms with van der Waals surface area (Å²) >= 11 is 12.3. The maximum Gasteiger partial charge on any atom is 0.223 e. The van der Waals surface area contributed by atoms with Crippen LogP contribution in [0.25, 0.3) is 0 Å². The van der Waals surface area contributed by atoms with Gasteiger partial charge in [-0.3, -0.25) is 9.59 Å². The number of nitrogens with zero attached hydrogens (tertiary/aromatic N) is 1. The van der Waals surface area contributed by atoms with Gasteiger partial charge in [0.15, 0.2) is 5.78 Å². The van der Waals surface area contributed by atoms with Crippen LogP contribution in [0.3, 0.4) is 0 Å². The van der Waals surface area contributed by atoms with Gasteiger partial charge in [0.2, 0.25) is 5.91 Å². The van der Waals surface area contributed by atoms with E-state index in [1.807, 2.05) is 55.5 Å². The van der Waals surface area contributed by atoms with Gasteiger partial charge >= 0.3 is 0 Å². The Bertz CT molecular complexity index is 834. The normalized spacial score (nSPS) is 21.2. The van der Waals surface area contributed by atoms with Gasteiger partial charge < -0.3 is 4.90 Å². The molecule has 142 valence electrons. The molecule has 1 fully saturated rings. The van der Waals surface area contributed by atoms with Gasteiger partial charge in [0.25, 0.3) is 0 Å². The van der Waals surface area contributed by atoms with Crippen LogP contribution in [0.15, 0.2) is 48.5 Å². The molecule has 27 heavy (non-hydrogen) atoms. The highest BCUT2D eigenvalue weighted by atomic mass is 35.5. The molecule has 1 saturated heterocycles. The molecule has 5 heteroatoms. The summed E-state index contributed by atoms with van der Waals surface area (Å²) in [6, 6.07) is 14.7. The average molecular weight is 404 g/mol. The Morgan fingerprint density at radius 3 is 2.41 bits per heavy atom. The molecule has 1 heterocycles. The summed E-state index contributed by atoms with van der Waals surface area (Å²) in [6.45, 7) is 3.50. The Hall–Kier alpha value is -1.84. The van der Waals surface area contributed by atoms with E-state index in [1.165, 1.54) is 0 Å². The number of halogens is 2. The minimum Gasteiger partial charge on any atom is -0.325 e. The molecule has 3 rings (SSSR count). The molecule has 2 aromatic rings. The van der Waals surface area contributed by atoms with Crippen molar-refractivity contribution in [3.05, 3.63) is 69.7 Å². The zero-order chi connectivity index (χ0) is 19.6. The van der Waals surface area contributed by atoms with Gasteiger partial charge in [0, 0.05) is 22.4 Å². The van der Waals surface area contributed by atoms with Crippen molar-refractivity contribution in [2.24, 2.45) is 0 Å². The summed E-state index contributed by atoms with van der Waals surface area (Å²) in [4.78, 5) is 27.0. The van der Waals surface area contributed by atoms with Crippen LogP contribution in [-0.2, 0) is 9.59 Å². The summed E-state index contributed by atoms with van der Waals surface area (Å²) in [6.07, 6.45) is 1.73. The third-order valence-corrected chi connectivity index (χ3v) is 5.81. The molecular weight excluding hydrogens is 381 g/mol. The van der Waals surface area contributed by atoms with Crippen LogP contribution in [0.2, 0.25) is 10.0 Å². The summed E-state index contributed by atoms with van der Waals surface area (Å²) in [5.74, 6) is 0.0998.